The average molecular weight is 465 g/mol. The van der Waals surface area contributed by atoms with Crippen LogP contribution in [0.5, 0.6) is 5.75 Å². The smallest absolute Gasteiger partial charge is 0.261 e. The first-order valence-electron chi connectivity index (χ1n) is 11.3. The van der Waals surface area contributed by atoms with Crippen LogP contribution in [0.3, 0.4) is 0 Å². The Morgan fingerprint density at radius 2 is 2.06 bits per heavy atom. The highest BCUT2D eigenvalue weighted by Crippen LogP contribution is 2.23. The number of halogens is 1. The number of benzene rings is 2. The maximum Gasteiger partial charge on any atom is 0.261 e. The van der Waals surface area contributed by atoms with Crippen LogP contribution in [0.4, 0.5) is 0 Å². The Bertz CT molecular complexity index is 1390. The van der Waals surface area contributed by atoms with E-state index in [9.17, 15) is 9.59 Å². The Morgan fingerprint density at radius 1 is 1.15 bits per heavy atom. The van der Waals surface area contributed by atoms with Crippen molar-refractivity contribution in [2.45, 2.75) is 38.6 Å². The fourth-order valence-corrected chi connectivity index (χ4v) is 4.55. The third kappa shape index (κ3) is 4.59. The maximum atomic E-state index is 13.0. The summed E-state index contributed by atoms with van der Waals surface area (Å²) in [5.74, 6) is 1.12. The van der Waals surface area contributed by atoms with Crippen molar-refractivity contribution < 1.29 is 9.53 Å². The number of nitrogens with zero attached hydrogens (tertiary/aromatic N) is 2. The predicted octanol–water partition coefficient (Wildman–Crippen LogP) is 4.00. The van der Waals surface area contributed by atoms with Gasteiger partial charge in [0.1, 0.15) is 11.6 Å². The zero-order valence-corrected chi connectivity index (χ0v) is 19.0. The highest BCUT2D eigenvalue weighted by atomic mass is 35.5. The van der Waals surface area contributed by atoms with Gasteiger partial charge in [-0.25, -0.2) is 4.98 Å². The summed E-state index contributed by atoms with van der Waals surface area (Å²) < 4.78 is 7.44. The van der Waals surface area contributed by atoms with Crippen LogP contribution in [0.2, 0.25) is 5.02 Å². The van der Waals surface area contributed by atoms with Gasteiger partial charge >= 0.3 is 0 Å². The number of hydrogen-bond acceptors (Lipinski definition) is 4. The summed E-state index contributed by atoms with van der Waals surface area (Å²) in [6.45, 7) is 1.06. The molecule has 170 valence electrons. The van der Waals surface area contributed by atoms with Crippen molar-refractivity contribution in [2.75, 3.05) is 13.2 Å². The fraction of sp³-hybridized carbons (Fsp3) is 0.320. The topological polar surface area (TPSA) is 89.0 Å². The second kappa shape index (κ2) is 9.27. The molecule has 2 aromatic heterocycles. The highest BCUT2D eigenvalue weighted by Gasteiger charge is 2.14. The lowest BCUT2D eigenvalue weighted by molar-refractivity contribution is -0.123. The molecule has 0 atom stereocenters. The Balaban J connectivity index is 1.20. The first-order valence-corrected chi connectivity index (χ1v) is 11.6. The Hall–Kier alpha value is -3.32. The van der Waals surface area contributed by atoms with Gasteiger partial charge in [-0.1, -0.05) is 18.0 Å². The van der Waals surface area contributed by atoms with E-state index in [0.717, 1.165) is 48.0 Å². The van der Waals surface area contributed by atoms with Crippen molar-refractivity contribution in [3.63, 3.8) is 0 Å². The average Bonchev–Trinajstić information content (AvgIpc) is 3.05. The molecule has 1 amide bonds. The Morgan fingerprint density at radius 3 is 2.97 bits per heavy atom. The van der Waals surface area contributed by atoms with Crippen LogP contribution in [0.1, 0.15) is 30.7 Å². The number of nitrogens with one attached hydrogen (secondary N) is 2. The van der Waals surface area contributed by atoms with E-state index in [2.05, 4.69) is 15.3 Å². The molecule has 0 aliphatic carbocycles. The standard InChI is InChI=1S/C25H25ClN4O3/c26-17-5-7-21-19(12-17)16(14-28-21)9-10-27-24(31)15-33-18-6-8-22-20(13-18)25(32)30-11-3-1-2-4-23(30)29-22/h5-8,12-14,28H,1-4,9-11,15H2,(H,27,31). The summed E-state index contributed by atoms with van der Waals surface area (Å²) in [5.41, 5.74) is 2.74. The number of H-pyrrole nitrogens is 1. The minimum atomic E-state index is -0.218. The summed E-state index contributed by atoms with van der Waals surface area (Å²) in [5, 5.41) is 5.14. The van der Waals surface area contributed by atoms with Gasteiger partial charge in [0, 0.05) is 41.6 Å². The van der Waals surface area contributed by atoms with Crippen molar-refractivity contribution >= 4 is 39.3 Å². The van der Waals surface area contributed by atoms with Gasteiger partial charge in [0.15, 0.2) is 6.61 Å². The second-order valence-corrected chi connectivity index (χ2v) is 8.80. The molecule has 7 nitrogen and oxygen atoms in total. The highest BCUT2D eigenvalue weighted by molar-refractivity contribution is 6.31. The Labute approximate surface area is 195 Å². The van der Waals surface area contributed by atoms with Crippen molar-refractivity contribution in [1.82, 2.24) is 19.9 Å². The predicted molar refractivity (Wildman–Crippen MR) is 129 cm³/mol. The Kier molecular flexibility index (Phi) is 6.05. The molecule has 0 saturated carbocycles. The largest absolute Gasteiger partial charge is 0.484 e. The van der Waals surface area contributed by atoms with E-state index in [1.165, 1.54) is 0 Å². The molecule has 1 aliphatic heterocycles. The van der Waals surface area contributed by atoms with Crippen LogP contribution in [0, 0.1) is 0 Å². The molecule has 2 aromatic carbocycles. The molecule has 8 heteroatoms. The molecule has 3 heterocycles. The molecule has 4 aromatic rings. The van der Waals surface area contributed by atoms with Crippen molar-refractivity contribution in [3.05, 3.63) is 69.4 Å². The number of aromatic amines is 1. The number of ether oxygens (including phenoxy) is 1. The second-order valence-electron chi connectivity index (χ2n) is 8.37. The molecule has 33 heavy (non-hydrogen) atoms. The number of hydrogen-bond donors (Lipinski definition) is 2. The quantitative estimate of drug-likeness (QED) is 0.451. The summed E-state index contributed by atoms with van der Waals surface area (Å²) in [7, 11) is 0. The first-order chi connectivity index (χ1) is 16.1. The number of fused-ring (bicyclic) bond motifs is 3. The van der Waals surface area contributed by atoms with E-state index in [-0.39, 0.29) is 18.1 Å². The number of aromatic nitrogens is 3. The van der Waals surface area contributed by atoms with Gasteiger partial charge in [0.05, 0.1) is 10.9 Å². The SMILES string of the molecule is O=C(COc1ccc2nc3n(c(=O)c2c1)CCCCC3)NCCc1c[nH]c2ccc(Cl)cc12. The molecular weight excluding hydrogens is 440 g/mol. The monoisotopic (exact) mass is 464 g/mol. The molecule has 0 saturated heterocycles. The fourth-order valence-electron chi connectivity index (χ4n) is 4.38. The maximum absolute atomic E-state index is 13.0. The van der Waals surface area contributed by atoms with Crippen LogP contribution in [-0.4, -0.2) is 33.6 Å². The first kappa shape index (κ1) is 21.5. The van der Waals surface area contributed by atoms with Crippen LogP contribution in [0.15, 0.2) is 47.4 Å². The van der Waals surface area contributed by atoms with Crippen LogP contribution in [0.25, 0.3) is 21.8 Å². The van der Waals surface area contributed by atoms with Gasteiger partial charge in [0.2, 0.25) is 0 Å². The van der Waals surface area contributed by atoms with E-state index >= 15 is 0 Å². The van der Waals surface area contributed by atoms with E-state index < -0.39 is 0 Å². The molecule has 5 rings (SSSR count). The van der Waals surface area contributed by atoms with Crippen molar-refractivity contribution in [3.8, 4) is 5.75 Å². The number of carbonyl (C=O) groups excluding carboxylic acids is 1. The lowest BCUT2D eigenvalue weighted by atomic mass is 10.1. The summed E-state index contributed by atoms with van der Waals surface area (Å²) in [4.78, 5) is 33.1. The summed E-state index contributed by atoms with van der Waals surface area (Å²) in [6, 6.07) is 10.9. The van der Waals surface area contributed by atoms with Crippen LogP contribution >= 0.6 is 11.6 Å². The minimum absolute atomic E-state index is 0.0364. The molecule has 0 radical (unpaired) electrons. The third-order valence-electron chi connectivity index (χ3n) is 6.10. The third-order valence-corrected chi connectivity index (χ3v) is 6.34. The molecule has 0 bridgehead atoms. The van der Waals surface area contributed by atoms with Gasteiger partial charge in [-0.3, -0.25) is 14.2 Å². The van der Waals surface area contributed by atoms with Gasteiger partial charge in [-0.15, -0.1) is 0 Å². The van der Waals surface area contributed by atoms with Gasteiger partial charge < -0.3 is 15.0 Å². The number of rotatable bonds is 6. The van der Waals surface area contributed by atoms with E-state index in [4.69, 9.17) is 16.3 Å². The number of amides is 1. The lowest BCUT2D eigenvalue weighted by Gasteiger charge is -2.11. The van der Waals surface area contributed by atoms with E-state index in [0.29, 0.717) is 41.2 Å². The normalized spacial score (nSPS) is 13.6. The molecule has 0 fully saturated rings. The minimum Gasteiger partial charge on any atom is -0.484 e. The number of carbonyl (C=O) groups is 1. The van der Waals surface area contributed by atoms with Gasteiger partial charge in [-0.2, -0.15) is 0 Å². The van der Waals surface area contributed by atoms with Crippen LogP contribution < -0.4 is 15.6 Å². The van der Waals surface area contributed by atoms with Crippen molar-refractivity contribution in [2.24, 2.45) is 0 Å². The van der Waals surface area contributed by atoms with Gasteiger partial charge in [0.25, 0.3) is 11.5 Å². The zero-order chi connectivity index (χ0) is 22.8. The van der Waals surface area contributed by atoms with Crippen LogP contribution in [-0.2, 0) is 24.2 Å². The molecular formula is C25H25ClN4O3. The lowest BCUT2D eigenvalue weighted by Crippen LogP contribution is -2.30. The van der Waals surface area contributed by atoms with Gasteiger partial charge in [-0.05, 0) is 61.2 Å². The van der Waals surface area contributed by atoms with E-state index in [1.807, 2.05) is 24.4 Å². The van der Waals surface area contributed by atoms with Crippen molar-refractivity contribution in [1.29, 1.82) is 0 Å². The molecule has 1 aliphatic rings. The molecule has 0 spiro atoms. The zero-order valence-electron chi connectivity index (χ0n) is 18.2. The summed E-state index contributed by atoms with van der Waals surface area (Å²) in [6.07, 6.45) is 6.60. The molecule has 2 N–H and O–H groups in total. The molecule has 0 unspecified atom stereocenters. The van der Waals surface area contributed by atoms with E-state index in [1.54, 1.807) is 22.8 Å². The summed E-state index contributed by atoms with van der Waals surface area (Å²) >= 11 is 6.09. The number of aryl methyl sites for hydroxylation is 1.